The van der Waals surface area contributed by atoms with Gasteiger partial charge < -0.3 is 18.8 Å². The van der Waals surface area contributed by atoms with Gasteiger partial charge in [0.15, 0.2) is 0 Å². The molecule has 1 aromatic rings. The van der Waals surface area contributed by atoms with Crippen molar-refractivity contribution < 1.29 is 23.6 Å². The van der Waals surface area contributed by atoms with Gasteiger partial charge in [0.05, 0.1) is 17.8 Å². The number of rotatable bonds is 7. The van der Waals surface area contributed by atoms with Crippen molar-refractivity contribution in [3.05, 3.63) is 23.8 Å². The fraction of sp³-hybridized carbons (Fsp3) is 0.588. The standard InChI is InChI=1S/C17H25BO5/c1-16(2)17(3,4)23-18(22-16)14-11-13(12-19)7-8-15(14)21-10-6-9-20-5/h7-8,11-12H,6,9-10H2,1-5H3. The molecule has 0 atom stereocenters. The van der Waals surface area contributed by atoms with Gasteiger partial charge in [0, 0.05) is 31.2 Å². The van der Waals surface area contributed by atoms with Gasteiger partial charge in [-0.3, -0.25) is 4.79 Å². The smallest absolute Gasteiger partial charge is 0.494 e. The van der Waals surface area contributed by atoms with Crippen molar-refractivity contribution in [1.82, 2.24) is 0 Å². The number of hydrogen-bond donors (Lipinski definition) is 0. The van der Waals surface area contributed by atoms with Crippen LogP contribution in [-0.4, -0.2) is 44.9 Å². The fourth-order valence-corrected chi connectivity index (χ4v) is 2.31. The van der Waals surface area contributed by atoms with E-state index in [1.165, 1.54) is 0 Å². The molecule has 23 heavy (non-hydrogen) atoms. The molecular weight excluding hydrogens is 295 g/mol. The molecule has 1 saturated heterocycles. The Hall–Kier alpha value is -1.37. The minimum absolute atomic E-state index is 0.442. The first-order valence-corrected chi connectivity index (χ1v) is 7.87. The summed E-state index contributed by atoms with van der Waals surface area (Å²) in [4.78, 5) is 11.1. The van der Waals surface area contributed by atoms with E-state index in [1.54, 1.807) is 25.3 Å². The molecule has 0 radical (unpaired) electrons. The van der Waals surface area contributed by atoms with E-state index in [9.17, 15) is 4.79 Å². The molecule has 0 bridgehead atoms. The van der Waals surface area contributed by atoms with Crippen molar-refractivity contribution in [2.45, 2.75) is 45.3 Å². The van der Waals surface area contributed by atoms with E-state index in [2.05, 4.69) is 0 Å². The molecule has 0 saturated carbocycles. The summed E-state index contributed by atoms with van der Waals surface area (Å²) in [5.41, 5.74) is 0.425. The Morgan fingerprint density at radius 2 is 1.78 bits per heavy atom. The molecule has 0 aliphatic carbocycles. The van der Waals surface area contributed by atoms with Crippen LogP contribution in [0.3, 0.4) is 0 Å². The third-order valence-corrected chi connectivity index (χ3v) is 4.43. The maximum atomic E-state index is 11.1. The van der Waals surface area contributed by atoms with Crippen LogP contribution in [0.2, 0.25) is 0 Å². The van der Waals surface area contributed by atoms with Crippen molar-refractivity contribution >= 4 is 18.9 Å². The summed E-state index contributed by atoms with van der Waals surface area (Å²) < 4.78 is 23.0. The van der Waals surface area contributed by atoms with Gasteiger partial charge in [0.2, 0.25) is 0 Å². The molecule has 1 heterocycles. The SMILES string of the molecule is COCCCOc1ccc(C=O)cc1B1OC(C)(C)C(C)(C)O1. The van der Waals surface area contributed by atoms with Crippen LogP contribution in [0.1, 0.15) is 44.5 Å². The highest BCUT2D eigenvalue weighted by molar-refractivity contribution is 6.63. The first kappa shape index (κ1) is 18.0. The third kappa shape index (κ3) is 3.94. The lowest BCUT2D eigenvalue weighted by molar-refractivity contribution is 0.00578. The predicted octanol–water partition coefficient (Wildman–Crippen LogP) is 2.21. The van der Waals surface area contributed by atoms with Crippen LogP contribution in [0.4, 0.5) is 0 Å². The monoisotopic (exact) mass is 320 g/mol. The summed E-state index contributed by atoms with van der Waals surface area (Å²) in [6.45, 7) is 9.15. The van der Waals surface area contributed by atoms with Crippen LogP contribution in [-0.2, 0) is 14.0 Å². The van der Waals surface area contributed by atoms with Gasteiger partial charge in [-0.25, -0.2) is 0 Å². The lowest BCUT2D eigenvalue weighted by atomic mass is 9.77. The zero-order valence-electron chi connectivity index (χ0n) is 14.5. The lowest BCUT2D eigenvalue weighted by Gasteiger charge is -2.32. The van der Waals surface area contributed by atoms with Crippen LogP contribution in [0.25, 0.3) is 0 Å². The van der Waals surface area contributed by atoms with Crippen molar-refractivity contribution in [2.24, 2.45) is 0 Å². The Labute approximate surface area is 138 Å². The fourth-order valence-electron chi connectivity index (χ4n) is 2.31. The second-order valence-corrected chi connectivity index (χ2v) is 6.70. The van der Waals surface area contributed by atoms with Crippen molar-refractivity contribution in [3.63, 3.8) is 0 Å². The Balaban J connectivity index is 2.23. The highest BCUT2D eigenvalue weighted by atomic mass is 16.7. The third-order valence-electron chi connectivity index (χ3n) is 4.43. The highest BCUT2D eigenvalue weighted by Crippen LogP contribution is 2.37. The zero-order chi connectivity index (χ0) is 17.1. The zero-order valence-corrected chi connectivity index (χ0v) is 14.5. The molecular formula is C17H25BO5. The number of benzene rings is 1. The number of hydrogen-bond acceptors (Lipinski definition) is 5. The second-order valence-electron chi connectivity index (χ2n) is 6.70. The summed E-state index contributed by atoms with van der Waals surface area (Å²) in [7, 11) is 1.10. The summed E-state index contributed by atoms with van der Waals surface area (Å²) in [6, 6.07) is 5.28. The molecule has 1 fully saturated rings. The molecule has 0 unspecified atom stereocenters. The first-order chi connectivity index (χ1) is 10.8. The Kier molecular flexibility index (Phi) is 5.50. The van der Waals surface area contributed by atoms with Gasteiger partial charge in [-0.1, -0.05) is 0 Å². The summed E-state index contributed by atoms with van der Waals surface area (Å²) in [5.74, 6) is 0.671. The Bertz CT molecular complexity index is 540. The van der Waals surface area contributed by atoms with Gasteiger partial charge in [-0.05, 0) is 45.9 Å². The van der Waals surface area contributed by atoms with E-state index in [0.717, 1.165) is 18.2 Å². The van der Waals surface area contributed by atoms with E-state index >= 15 is 0 Å². The average molecular weight is 320 g/mol. The maximum Gasteiger partial charge on any atom is 0.498 e. The highest BCUT2D eigenvalue weighted by Gasteiger charge is 2.52. The minimum Gasteiger partial charge on any atom is -0.494 e. The van der Waals surface area contributed by atoms with E-state index < -0.39 is 18.3 Å². The molecule has 0 amide bonds. The average Bonchev–Trinajstić information content (AvgIpc) is 2.72. The minimum atomic E-state index is -0.558. The molecule has 6 heteroatoms. The van der Waals surface area contributed by atoms with E-state index in [0.29, 0.717) is 24.5 Å². The topological polar surface area (TPSA) is 54.0 Å². The maximum absolute atomic E-state index is 11.1. The van der Waals surface area contributed by atoms with Crippen LogP contribution < -0.4 is 10.2 Å². The number of ether oxygens (including phenoxy) is 2. The van der Waals surface area contributed by atoms with Crippen molar-refractivity contribution in [2.75, 3.05) is 20.3 Å². The van der Waals surface area contributed by atoms with Gasteiger partial charge in [0.25, 0.3) is 0 Å². The number of carbonyl (C=O) groups is 1. The molecule has 1 aromatic carbocycles. The molecule has 1 aliphatic rings. The van der Waals surface area contributed by atoms with Gasteiger partial charge >= 0.3 is 7.12 Å². The van der Waals surface area contributed by atoms with Crippen molar-refractivity contribution in [1.29, 1.82) is 0 Å². The largest absolute Gasteiger partial charge is 0.498 e. The predicted molar refractivity (Wildman–Crippen MR) is 89.5 cm³/mol. The molecule has 5 nitrogen and oxygen atoms in total. The van der Waals surface area contributed by atoms with E-state index in [-0.39, 0.29) is 0 Å². The molecule has 0 aromatic heterocycles. The normalized spacial score (nSPS) is 18.9. The van der Waals surface area contributed by atoms with Gasteiger partial charge in [-0.2, -0.15) is 0 Å². The van der Waals surface area contributed by atoms with Crippen LogP contribution in [0, 0.1) is 0 Å². The molecule has 1 aliphatic heterocycles. The molecule has 126 valence electrons. The van der Waals surface area contributed by atoms with Crippen LogP contribution in [0.5, 0.6) is 5.75 Å². The van der Waals surface area contributed by atoms with Crippen LogP contribution in [0.15, 0.2) is 18.2 Å². The quantitative estimate of drug-likeness (QED) is 0.438. The Morgan fingerprint density at radius 3 is 2.35 bits per heavy atom. The molecule has 0 N–H and O–H groups in total. The summed E-state index contributed by atoms with van der Waals surface area (Å²) >= 11 is 0. The first-order valence-electron chi connectivity index (χ1n) is 7.87. The van der Waals surface area contributed by atoms with Gasteiger partial charge in [-0.15, -0.1) is 0 Å². The summed E-state index contributed by atoms with van der Waals surface area (Å²) in [6.07, 6.45) is 1.60. The number of aldehydes is 1. The van der Waals surface area contributed by atoms with Gasteiger partial charge in [0.1, 0.15) is 12.0 Å². The van der Waals surface area contributed by atoms with E-state index in [4.69, 9.17) is 18.8 Å². The Morgan fingerprint density at radius 1 is 1.13 bits per heavy atom. The van der Waals surface area contributed by atoms with Crippen LogP contribution >= 0.6 is 0 Å². The second kappa shape index (κ2) is 7.03. The number of carbonyl (C=O) groups excluding carboxylic acids is 1. The van der Waals surface area contributed by atoms with E-state index in [1.807, 2.05) is 27.7 Å². The lowest BCUT2D eigenvalue weighted by Crippen LogP contribution is -2.41. The molecule has 2 rings (SSSR count). The number of methoxy groups -OCH3 is 1. The summed E-state index contributed by atoms with van der Waals surface area (Å²) in [5, 5.41) is 0. The molecule has 0 spiro atoms. The van der Waals surface area contributed by atoms with Crippen molar-refractivity contribution in [3.8, 4) is 5.75 Å².